The van der Waals surface area contributed by atoms with E-state index in [0.717, 1.165) is 0 Å². The van der Waals surface area contributed by atoms with Crippen molar-refractivity contribution < 1.29 is 23.1 Å². The highest BCUT2D eigenvalue weighted by molar-refractivity contribution is 5.97. The molecule has 0 saturated heterocycles. The number of carbonyl (C=O) groups excluding carboxylic acids is 1. The topological polar surface area (TPSA) is 90.9 Å². The van der Waals surface area contributed by atoms with Crippen molar-refractivity contribution in [3.63, 3.8) is 0 Å². The zero-order valence-corrected chi connectivity index (χ0v) is 16.9. The van der Waals surface area contributed by atoms with Gasteiger partial charge in [0.1, 0.15) is 28.6 Å². The first-order valence-corrected chi connectivity index (χ1v) is 9.79. The lowest BCUT2D eigenvalue weighted by atomic mass is 9.93. The van der Waals surface area contributed by atoms with Crippen LogP contribution in [0.5, 0.6) is 11.5 Å². The van der Waals surface area contributed by atoms with Crippen LogP contribution in [0.15, 0.2) is 74.3 Å². The monoisotopic (exact) mass is 417 g/mol. The molecule has 3 heterocycles. The molecule has 1 N–H and O–H groups in total. The summed E-state index contributed by atoms with van der Waals surface area (Å²) < 4.78 is 22.6. The number of ether oxygens (including phenoxy) is 2. The molecule has 0 spiro atoms. The zero-order chi connectivity index (χ0) is 21.5. The largest absolute Gasteiger partial charge is 0.497 e. The van der Waals surface area contributed by atoms with Crippen LogP contribution in [0.25, 0.3) is 11.0 Å². The van der Waals surface area contributed by atoms with E-state index in [0.29, 0.717) is 39.7 Å². The fourth-order valence-electron chi connectivity index (χ4n) is 3.88. The number of rotatable bonds is 4. The van der Waals surface area contributed by atoms with Gasteiger partial charge in [0, 0.05) is 5.69 Å². The summed E-state index contributed by atoms with van der Waals surface area (Å²) in [5.74, 6) is 1.03. The van der Waals surface area contributed by atoms with E-state index in [1.54, 1.807) is 68.6 Å². The van der Waals surface area contributed by atoms with Gasteiger partial charge in [-0.05, 0) is 55.5 Å². The third-order valence-electron chi connectivity index (χ3n) is 5.34. The van der Waals surface area contributed by atoms with Crippen molar-refractivity contribution in [2.24, 2.45) is 0 Å². The number of hydrogen-bond acceptors (Lipinski definition) is 6. The predicted octanol–water partition coefficient (Wildman–Crippen LogP) is 4.23. The highest BCUT2D eigenvalue weighted by Crippen LogP contribution is 2.44. The van der Waals surface area contributed by atoms with Crippen molar-refractivity contribution in [1.82, 2.24) is 0 Å². The summed E-state index contributed by atoms with van der Waals surface area (Å²) >= 11 is 0. The van der Waals surface area contributed by atoms with Crippen LogP contribution in [0.3, 0.4) is 0 Å². The molecule has 5 rings (SSSR count). The first kappa shape index (κ1) is 19.0. The average Bonchev–Trinajstić information content (AvgIpc) is 3.38. The Kier molecular flexibility index (Phi) is 4.51. The lowest BCUT2D eigenvalue weighted by Crippen LogP contribution is -2.35. The maximum Gasteiger partial charge on any atom is 0.344 e. The average molecular weight is 417 g/mol. The van der Waals surface area contributed by atoms with Gasteiger partial charge < -0.3 is 23.6 Å². The second-order valence-corrected chi connectivity index (χ2v) is 7.31. The first-order chi connectivity index (χ1) is 15.0. The van der Waals surface area contributed by atoms with E-state index in [-0.39, 0.29) is 5.56 Å². The molecule has 7 heteroatoms. The van der Waals surface area contributed by atoms with E-state index < -0.39 is 23.6 Å². The van der Waals surface area contributed by atoms with Gasteiger partial charge >= 0.3 is 5.63 Å². The maximum absolute atomic E-state index is 13.2. The normalized spacial score (nSPS) is 17.2. The molecule has 0 saturated carbocycles. The van der Waals surface area contributed by atoms with Crippen molar-refractivity contribution in [1.29, 1.82) is 0 Å². The molecule has 2 aromatic carbocycles. The minimum absolute atomic E-state index is 0.280. The van der Waals surface area contributed by atoms with E-state index in [1.807, 2.05) is 6.07 Å². The predicted molar refractivity (Wildman–Crippen MR) is 114 cm³/mol. The van der Waals surface area contributed by atoms with Gasteiger partial charge in [-0.1, -0.05) is 12.1 Å². The summed E-state index contributed by atoms with van der Waals surface area (Å²) in [5.41, 5.74) is 0.712. The maximum atomic E-state index is 13.2. The van der Waals surface area contributed by atoms with Crippen LogP contribution in [-0.2, 0) is 4.79 Å². The van der Waals surface area contributed by atoms with E-state index in [1.165, 1.54) is 0 Å². The molecule has 0 aliphatic carbocycles. The Morgan fingerprint density at radius 2 is 1.77 bits per heavy atom. The van der Waals surface area contributed by atoms with Gasteiger partial charge in [0.15, 0.2) is 6.10 Å². The summed E-state index contributed by atoms with van der Waals surface area (Å²) in [6.07, 6.45) is -1.00. The molecule has 4 aromatic rings. The Hall–Kier alpha value is -4.00. The summed E-state index contributed by atoms with van der Waals surface area (Å²) in [7, 11) is 1.57. The lowest BCUT2D eigenvalue weighted by molar-refractivity contribution is -0.122. The minimum Gasteiger partial charge on any atom is -0.497 e. The molecule has 1 aliphatic rings. The molecule has 0 fully saturated rings. The van der Waals surface area contributed by atoms with Crippen molar-refractivity contribution in [2.75, 3.05) is 12.4 Å². The van der Waals surface area contributed by atoms with Gasteiger partial charge in [0.25, 0.3) is 5.91 Å². The third-order valence-corrected chi connectivity index (χ3v) is 5.34. The number of para-hydroxylation sites is 1. The molecule has 0 bridgehead atoms. The van der Waals surface area contributed by atoms with Gasteiger partial charge in [-0.15, -0.1) is 0 Å². The zero-order valence-electron chi connectivity index (χ0n) is 16.9. The van der Waals surface area contributed by atoms with E-state index in [9.17, 15) is 9.59 Å². The van der Waals surface area contributed by atoms with Gasteiger partial charge in [0.05, 0.1) is 24.0 Å². The molecule has 2 unspecified atom stereocenters. The van der Waals surface area contributed by atoms with Gasteiger partial charge in [-0.3, -0.25) is 4.79 Å². The Labute approximate surface area is 177 Å². The van der Waals surface area contributed by atoms with Gasteiger partial charge in [-0.2, -0.15) is 0 Å². The number of fused-ring (bicyclic) bond motifs is 3. The van der Waals surface area contributed by atoms with Crippen molar-refractivity contribution in [3.8, 4) is 11.5 Å². The molecule has 2 aromatic heterocycles. The number of aryl methyl sites for hydroxylation is 1. The van der Waals surface area contributed by atoms with Gasteiger partial charge in [-0.25, -0.2) is 4.79 Å². The van der Waals surface area contributed by atoms with Crippen molar-refractivity contribution in [3.05, 3.63) is 88.2 Å². The molecule has 1 amide bonds. The summed E-state index contributed by atoms with van der Waals surface area (Å²) in [5, 5.41) is 3.48. The SMILES string of the molecule is COc1ccc(NC(=O)C2Oc3c(c(=O)oc4ccccc34)C2c2ccc(C)o2)cc1. The number of carbonyl (C=O) groups is 1. The molecule has 2 atom stereocenters. The van der Waals surface area contributed by atoms with Crippen LogP contribution in [-0.4, -0.2) is 19.1 Å². The highest BCUT2D eigenvalue weighted by atomic mass is 16.5. The molecular weight excluding hydrogens is 398 g/mol. The Morgan fingerprint density at radius 3 is 2.48 bits per heavy atom. The number of methoxy groups -OCH3 is 1. The molecule has 156 valence electrons. The Balaban J connectivity index is 1.58. The molecule has 31 heavy (non-hydrogen) atoms. The van der Waals surface area contributed by atoms with Crippen molar-refractivity contribution >= 4 is 22.6 Å². The molecular formula is C24H19NO6. The van der Waals surface area contributed by atoms with E-state index in [4.69, 9.17) is 18.3 Å². The minimum atomic E-state index is -1.00. The highest BCUT2D eigenvalue weighted by Gasteiger charge is 2.45. The Bertz CT molecular complexity index is 1330. The van der Waals surface area contributed by atoms with E-state index in [2.05, 4.69) is 5.32 Å². The number of nitrogens with one attached hydrogen (secondary N) is 1. The lowest BCUT2D eigenvalue weighted by Gasteiger charge is -2.17. The molecule has 7 nitrogen and oxygen atoms in total. The third kappa shape index (κ3) is 3.24. The second kappa shape index (κ2) is 7.36. The smallest absolute Gasteiger partial charge is 0.344 e. The fourth-order valence-corrected chi connectivity index (χ4v) is 3.88. The fraction of sp³-hybridized carbons (Fsp3) is 0.167. The van der Waals surface area contributed by atoms with Crippen LogP contribution in [0.2, 0.25) is 0 Å². The van der Waals surface area contributed by atoms with Crippen molar-refractivity contribution in [2.45, 2.75) is 18.9 Å². The van der Waals surface area contributed by atoms with Crippen LogP contribution in [0.4, 0.5) is 5.69 Å². The number of anilines is 1. The second-order valence-electron chi connectivity index (χ2n) is 7.31. The van der Waals surface area contributed by atoms with Crippen LogP contribution >= 0.6 is 0 Å². The standard InChI is InChI=1S/C24H19NO6/c1-13-7-12-18(29-13)19-20-21(16-5-3-4-6-17(16)30-24(20)27)31-22(19)23(26)25-14-8-10-15(28-2)11-9-14/h3-12,19,22H,1-2H3,(H,25,26). The quantitative estimate of drug-likeness (QED) is 0.500. The number of benzene rings is 2. The molecule has 0 radical (unpaired) electrons. The summed E-state index contributed by atoms with van der Waals surface area (Å²) in [6, 6.07) is 17.6. The van der Waals surface area contributed by atoms with E-state index >= 15 is 0 Å². The van der Waals surface area contributed by atoms with Crippen LogP contribution in [0.1, 0.15) is 23.0 Å². The summed E-state index contributed by atoms with van der Waals surface area (Å²) in [4.78, 5) is 26.1. The van der Waals surface area contributed by atoms with Crippen LogP contribution < -0.4 is 20.4 Å². The Morgan fingerprint density at radius 1 is 1.00 bits per heavy atom. The number of hydrogen-bond donors (Lipinski definition) is 1. The van der Waals surface area contributed by atoms with Crippen LogP contribution in [0, 0.1) is 6.92 Å². The molecule has 1 aliphatic heterocycles. The first-order valence-electron chi connectivity index (χ1n) is 9.79. The summed E-state index contributed by atoms with van der Waals surface area (Å²) in [6.45, 7) is 1.80. The number of amides is 1. The number of furan rings is 1. The van der Waals surface area contributed by atoms with Gasteiger partial charge in [0.2, 0.25) is 0 Å².